The van der Waals surface area contributed by atoms with E-state index in [2.05, 4.69) is 10.3 Å². The van der Waals surface area contributed by atoms with E-state index in [0.29, 0.717) is 0 Å². The summed E-state index contributed by atoms with van der Waals surface area (Å²) >= 11 is 0. The van der Waals surface area contributed by atoms with E-state index in [9.17, 15) is 10.1 Å². The van der Waals surface area contributed by atoms with Crippen molar-refractivity contribution in [2.24, 2.45) is 0 Å². The quantitative estimate of drug-likeness (QED) is 0.483. The maximum absolute atomic E-state index is 11.0. The minimum atomic E-state index is -0.329. The lowest BCUT2D eigenvalue weighted by molar-refractivity contribution is -0.385. The first-order valence-corrected chi connectivity index (χ1v) is 7.02. The summed E-state index contributed by atoms with van der Waals surface area (Å²) in [5, 5.41) is 14.4. The number of imidazole rings is 1. The molecule has 0 unspecified atom stereocenters. The molecule has 0 aliphatic heterocycles. The third-order valence-electron chi connectivity index (χ3n) is 3.61. The first-order valence-electron chi connectivity index (χ1n) is 7.02. The smallest absolute Gasteiger partial charge is 0.272 e. The van der Waals surface area contributed by atoms with E-state index in [1.807, 2.05) is 23.8 Å². The Balaban J connectivity index is 1.89. The summed E-state index contributed by atoms with van der Waals surface area (Å²) in [6.07, 6.45) is 6.49. The van der Waals surface area contributed by atoms with Crippen LogP contribution in [0, 0.1) is 17.0 Å². The van der Waals surface area contributed by atoms with Gasteiger partial charge in [-0.25, -0.2) is 4.98 Å². The zero-order valence-corrected chi connectivity index (χ0v) is 12.3. The average molecular weight is 288 g/mol. The number of aryl methyl sites for hydroxylation is 1. The Morgan fingerprint density at radius 1 is 1.48 bits per heavy atom. The lowest BCUT2D eigenvalue weighted by Gasteiger charge is -2.16. The van der Waals surface area contributed by atoms with E-state index >= 15 is 0 Å². The molecule has 0 aliphatic rings. The predicted octanol–water partition coefficient (Wildman–Crippen LogP) is 2.84. The molecule has 0 saturated heterocycles. The zero-order valence-electron chi connectivity index (χ0n) is 12.3. The van der Waals surface area contributed by atoms with Gasteiger partial charge in [0.1, 0.15) is 0 Å². The van der Waals surface area contributed by atoms with Gasteiger partial charge in [0.25, 0.3) is 5.69 Å². The van der Waals surface area contributed by atoms with Crippen LogP contribution >= 0.6 is 0 Å². The highest BCUT2D eigenvalue weighted by atomic mass is 16.6. The van der Waals surface area contributed by atoms with Crippen LogP contribution in [-0.4, -0.2) is 21.0 Å². The third-order valence-corrected chi connectivity index (χ3v) is 3.61. The molecule has 0 fully saturated rings. The van der Waals surface area contributed by atoms with Crippen LogP contribution in [0.1, 0.15) is 30.5 Å². The van der Waals surface area contributed by atoms with Gasteiger partial charge in [-0.15, -0.1) is 0 Å². The van der Waals surface area contributed by atoms with Crippen molar-refractivity contribution in [3.63, 3.8) is 0 Å². The SMILES string of the molecule is Cc1c([C@H](C)NCCCn2ccnc2)cccc1[N+](=O)[O-]. The molecule has 2 aromatic rings. The van der Waals surface area contributed by atoms with Crippen LogP contribution in [-0.2, 0) is 6.54 Å². The van der Waals surface area contributed by atoms with E-state index in [4.69, 9.17) is 0 Å². The fourth-order valence-corrected chi connectivity index (χ4v) is 2.42. The Labute approximate surface area is 124 Å². The molecule has 0 aliphatic carbocycles. The molecular weight excluding hydrogens is 268 g/mol. The molecule has 1 heterocycles. The summed E-state index contributed by atoms with van der Waals surface area (Å²) in [7, 11) is 0. The van der Waals surface area contributed by atoms with Crippen LogP contribution in [0.5, 0.6) is 0 Å². The summed E-state index contributed by atoms with van der Waals surface area (Å²) in [5.41, 5.74) is 1.89. The number of nitro groups is 1. The highest BCUT2D eigenvalue weighted by Crippen LogP contribution is 2.25. The van der Waals surface area contributed by atoms with Gasteiger partial charge in [0.2, 0.25) is 0 Å². The number of rotatable bonds is 7. The normalized spacial score (nSPS) is 12.3. The maximum atomic E-state index is 11.0. The van der Waals surface area contributed by atoms with Crippen molar-refractivity contribution < 1.29 is 4.92 Å². The lowest BCUT2D eigenvalue weighted by atomic mass is 10.0. The fraction of sp³-hybridized carbons (Fsp3) is 0.400. The van der Waals surface area contributed by atoms with Crippen LogP contribution in [0.4, 0.5) is 5.69 Å². The molecule has 0 radical (unpaired) electrons. The Morgan fingerprint density at radius 3 is 2.95 bits per heavy atom. The van der Waals surface area contributed by atoms with E-state index in [1.54, 1.807) is 31.6 Å². The second-order valence-electron chi connectivity index (χ2n) is 5.08. The molecule has 6 nitrogen and oxygen atoms in total. The average Bonchev–Trinajstić information content (AvgIpc) is 2.96. The first kappa shape index (κ1) is 15.2. The van der Waals surface area contributed by atoms with Crippen molar-refractivity contribution >= 4 is 5.69 Å². The maximum Gasteiger partial charge on any atom is 0.272 e. The van der Waals surface area contributed by atoms with Crippen molar-refractivity contribution in [1.82, 2.24) is 14.9 Å². The highest BCUT2D eigenvalue weighted by Gasteiger charge is 2.16. The first-order chi connectivity index (χ1) is 10.1. The van der Waals surface area contributed by atoms with Gasteiger partial charge in [-0.1, -0.05) is 12.1 Å². The van der Waals surface area contributed by atoms with Crippen molar-refractivity contribution in [3.05, 3.63) is 58.2 Å². The molecule has 1 aromatic carbocycles. The molecule has 0 spiro atoms. The minimum absolute atomic E-state index is 0.0905. The Hall–Kier alpha value is -2.21. The van der Waals surface area contributed by atoms with Gasteiger partial charge in [-0.2, -0.15) is 0 Å². The number of benzene rings is 1. The molecule has 21 heavy (non-hydrogen) atoms. The van der Waals surface area contributed by atoms with Gasteiger partial charge < -0.3 is 9.88 Å². The molecule has 0 bridgehead atoms. The van der Waals surface area contributed by atoms with Crippen molar-refractivity contribution in [2.75, 3.05) is 6.54 Å². The van der Waals surface area contributed by atoms with Crippen molar-refractivity contribution in [1.29, 1.82) is 0 Å². The van der Waals surface area contributed by atoms with E-state index in [-0.39, 0.29) is 16.7 Å². The molecule has 0 saturated carbocycles. The number of aromatic nitrogens is 2. The topological polar surface area (TPSA) is 73.0 Å². The van der Waals surface area contributed by atoms with Crippen molar-refractivity contribution in [2.45, 2.75) is 32.9 Å². The summed E-state index contributed by atoms with van der Waals surface area (Å²) in [4.78, 5) is 14.6. The predicted molar refractivity (Wildman–Crippen MR) is 81.1 cm³/mol. The van der Waals surface area contributed by atoms with E-state index in [0.717, 1.165) is 30.6 Å². The molecule has 2 rings (SSSR count). The molecule has 1 N–H and O–H groups in total. The van der Waals surface area contributed by atoms with Crippen LogP contribution in [0.3, 0.4) is 0 Å². The van der Waals surface area contributed by atoms with Gasteiger partial charge in [0, 0.05) is 36.6 Å². The molecule has 6 heteroatoms. The zero-order chi connectivity index (χ0) is 15.2. The molecule has 1 aromatic heterocycles. The van der Waals surface area contributed by atoms with Gasteiger partial charge in [0.05, 0.1) is 11.3 Å². The van der Waals surface area contributed by atoms with E-state index < -0.39 is 0 Å². The number of nitro benzene ring substituents is 1. The fourth-order valence-electron chi connectivity index (χ4n) is 2.42. The summed E-state index contributed by atoms with van der Waals surface area (Å²) in [5.74, 6) is 0. The largest absolute Gasteiger partial charge is 0.337 e. The van der Waals surface area contributed by atoms with Gasteiger partial charge >= 0.3 is 0 Å². The standard InChI is InChI=1S/C15H20N4O2/c1-12-14(5-3-6-15(12)19(20)21)13(2)17-7-4-9-18-10-8-16-11-18/h3,5-6,8,10-11,13,17H,4,7,9H2,1-2H3/t13-/m0/s1. The van der Waals surface area contributed by atoms with Gasteiger partial charge in [-0.3, -0.25) is 10.1 Å². The second kappa shape index (κ2) is 6.99. The highest BCUT2D eigenvalue weighted by molar-refractivity contribution is 5.45. The molecule has 0 amide bonds. The van der Waals surface area contributed by atoms with Gasteiger partial charge in [0.15, 0.2) is 0 Å². The van der Waals surface area contributed by atoms with E-state index in [1.165, 1.54) is 0 Å². The third kappa shape index (κ3) is 3.88. The van der Waals surface area contributed by atoms with Crippen LogP contribution in [0.15, 0.2) is 36.9 Å². The Morgan fingerprint density at radius 2 is 2.29 bits per heavy atom. The van der Waals surface area contributed by atoms with Crippen LogP contribution < -0.4 is 5.32 Å². The van der Waals surface area contributed by atoms with Gasteiger partial charge in [-0.05, 0) is 32.4 Å². The monoisotopic (exact) mass is 288 g/mol. The Kier molecular flexibility index (Phi) is 5.05. The number of nitrogens with one attached hydrogen (secondary N) is 1. The minimum Gasteiger partial charge on any atom is -0.337 e. The Bertz CT molecular complexity index is 596. The van der Waals surface area contributed by atoms with Crippen LogP contribution in [0.25, 0.3) is 0 Å². The molecule has 112 valence electrons. The van der Waals surface area contributed by atoms with Crippen LogP contribution in [0.2, 0.25) is 0 Å². The summed E-state index contributed by atoms with van der Waals surface area (Å²) in [6.45, 7) is 5.59. The van der Waals surface area contributed by atoms with Crippen molar-refractivity contribution in [3.8, 4) is 0 Å². The molecular formula is C15H20N4O2. The summed E-state index contributed by atoms with van der Waals surface area (Å²) in [6, 6.07) is 5.32. The summed E-state index contributed by atoms with van der Waals surface area (Å²) < 4.78 is 2.03. The number of nitrogens with zero attached hydrogens (tertiary/aromatic N) is 3. The second-order valence-corrected chi connectivity index (χ2v) is 5.08. The lowest BCUT2D eigenvalue weighted by Crippen LogP contribution is -2.21. The number of hydrogen-bond acceptors (Lipinski definition) is 4. The molecule has 1 atom stereocenters. The number of hydrogen-bond donors (Lipinski definition) is 1.